The number of carbonyl (C=O) groups is 2. The summed E-state index contributed by atoms with van der Waals surface area (Å²) in [5, 5.41) is 9.37. The summed E-state index contributed by atoms with van der Waals surface area (Å²) in [5.41, 5.74) is 3.34. The van der Waals surface area contributed by atoms with Crippen LogP contribution >= 0.6 is 0 Å². The Hall–Kier alpha value is -4.59. The number of nitrogens with zero attached hydrogens (tertiary/aromatic N) is 2. The van der Waals surface area contributed by atoms with E-state index in [1.165, 1.54) is 4.90 Å². The molecule has 0 radical (unpaired) electrons. The van der Waals surface area contributed by atoms with Crippen molar-refractivity contribution in [1.29, 1.82) is 0 Å². The van der Waals surface area contributed by atoms with Crippen LogP contribution in [0, 0.1) is 13.8 Å². The zero-order chi connectivity index (χ0) is 26.4. The first-order valence-corrected chi connectivity index (χ1v) is 11.8. The lowest BCUT2D eigenvalue weighted by atomic mass is 10.1. The number of amides is 1. The number of oxazole rings is 1. The predicted molar refractivity (Wildman–Crippen MR) is 137 cm³/mol. The Balaban J connectivity index is 1.41. The summed E-state index contributed by atoms with van der Waals surface area (Å²) in [5.74, 6) is 1.04. The number of carbonyl (C=O) groups excluding carboxylic acids is 1. The molecule has 3 aromatic carbocycles. The molecular formula is C29H28N2O6. The molecule has 0 saturated heterocycles. The fourth-order valence-electron chi connectivity index (χ4n) is 3.71. The van der Waals surface area contributed by atoms with Crippen molar-refractivity contribution in [3.05, 3.63) is 101 Å². The molecule has 190 valence electrons. The molecule has 1 aromatic heterocycles. The number of aryl methyl sites for hydroxylation is 2. The fraction of sp³-hybridized carbons (Fsp3) is 0.207. The Morgan fingerprint density at radius 1 is 0.946 bits per heavy atom. The van der Waals surface area contributed by atoms with Crippen LogP contribution in [0.15, 0.2) is 83.3 Å². The maximum atomic E-state index is 12.8. The van der Waals surface area contributed by atoms with Crippen LogP contribution in [0.1, 0.15) is 35.5 Å². The highest BCUT2D eigenvalue weighted by atomic mass is 16.6. The Labute approximate surface area is 215 Å². The SMILES string of the molecule is Cc1ccc(OC(=O)N(CC(=O)O)C(C)c2ccc(OCc3nc(-c4ccccc4)oc3C)cc2)cc1. The van der Waals surface area contributed by atoms with Gasteiger partial charge in [0.25, 0.3) is 0 Å². The van der Waals surface area contributed by atoms with Crippen LogP contribution in [-0.4, -0.2) is 33.6 Å². The highest BCUT2D eigenvalue weighted by Gasteiger charge is 2.26. The molecule has 8 nitrogen and oxygen atoms in total. The van der Waals surface area contributed by atoms with Crippen LogP contribution in [0.25, 0.3) is 11.5 Å². The average Bonchev–Trinajstić information content (AvgIpc) is 3.28. The van der Waals surface area contributed by atoms with Crippen molar-refractivity contribution >= 4 is 12.1 Å². The molecular weight excluding hydrogens is 472 g/mol. The number of ether oxygens (including phenoxy) is 2. The molecule has 1 amide bonds. The maximum Gasteiger partial charge on any atom is 0.416 e. The Bertz CT molecular complexity index is 1350. The summed E-state index contributed by atoms with van der Waals surface area (Å²) in [6.07, 6.45) is -0.741. The van der Waals surface area contributed by atoms with Crippen molar-refractivity contribution in [2.24, 2.45) is 0 Å². The zero-order valence-electron chi connectivity index (χ0n) is 20.9. The van der Waals surface area contributed by atoms with Crippen molar-refractivity contribution in [2.45, 2.75) is 33.4 Å². The first kappa shape index (κ1) is 25.5. The van der Waals surface area contributed by atoms with E-state index < -0.39 is 24.6 Å². The van der Waals surface area contributed by atoms with Crippen molar-refractivity contribution in [3.8, 4) is 23.0 Å². The van der Waals surface area contributed by atoms with Gasteiger partial charge in [0.05, 0.1) is 6.04 Å². The predicted octanol–water partition coefficient (Wildman–Crippen LogP) is 6.18. The van der Waals surface area contributed by atoms with E-state index >= 15 is 0 Å². The van der Waals surface area contributed by atoms with Gasteiger partial charge in [-0.2, -0.15) is 0 Å². The van der Waals surface area contributed by atoms with Gasteiger partial charge in [-0.3, -0.25) is 9.69 Å². The van der Waals surface area contributed by atoms with Crippen molar-refractivity contribution < 1.29 is 28.6 Å². The molecule has 1 unspecified atom stereocenters. The number of hydrogen-bond acceptors (Lipinski definition) is 6. The van der Waals surface area contributed by atoms with E-state index in [4.69, 9.17) is 13.9 Å². The molecule has 1 atom stereocenters. The molecule has 4 aromatic rings. The van der Waals surface area contributed by atoms with Crippen molar-refractivity contribution in [2.75, 3.05) is 6.54 Å². The smallest absolute Gasteiger partial charge is 0.416 e. The minimum atomic E-state index is -1.13. The molecule has 4 rings (SSSR count). The third-order valence-corrected chi connectivity index (χ3v) is 5.89. The highest BCUT2D eigenvalue weighted by Crippen LogP contribution is 2.26. The second-order valence-electron chi connectivity index (χ2n) is 8.62. The molecule has 1 heterocycles. The number of carboxylic acid groups (broad SMARTS) is 1. The fourth-order valence-corrected chi connectivity index (χ4v) is 3.71. The quantitative estimate of drug-likeness (QED) is 0.293. The summed E-state index contributed by atoms with van der Waals surface area (Å²) in [4.78, 5) is 30.0. The van der Waals surface area contributed by atoms with Crippen LogP contribution in [0.5, 0.6) is 11.5 Å². The molecule has 0 aliphatic rings. The lowest BCUT2D eigenvalue weighted by Crippen LogP contribution is -2.39. The summed E-state index contributed by atoms with van der Waals surface area (Å²) >= 11 is 0. The number of benzene rings is 3. The average molecular weight is 501 g/mol. The van der Waals surface area contributed by atoms with E-state index in [1.54, 1.807) is 43.3 Å². The molecule has 1 N–H and O–H groups in total. The number of aromatic nitrogens is 1. The van der Waals surface area contributed by atoms with Crippen LogP contribution in [0.4, 0.5) is 4.79 Å². The van der Waals surface area contributed by atoms with E-state index in [0.717, 1.165) is 16.7 Å². The van der Waals surface area contributed by atoms with Crippen molar-refractivity contribution in [1.82, 2.24) is 9.88 Å². The first-order chi connectivity index (χ1) is 17.8. The highest BCUT2D eigenvalue weighted by molar-refractivity contribution is 5.78. The second-order valence-corrected chi connectivity index (χ2v) is 8.62. The second kappa shape index (κ2) is 11.4. The minimum absolute atomic E-state index is 0.227. The molecule has 0 aliphatic carbocycles. The van der Waals surface area contributed by atoms with E-state index in [1.807, 2.05) is 56.3 Å². The van der Waals surface area contributed by atoms with Gasteiger partial charge in [0.15, 0.2) is 0 Å². The molecule has 8 heteroatoms. The largest absolute Gasteiger partial charge is 0.487 e. The van der Waals surface area contributed by atoms with Crippen LogP contribution in [0.3, 0.4) is 0 Å². The van der Waals surface area contributed by atoms with E-state index in [-0.39, 0.29) is 6.61 Å². The number of carboxylic acids is 1. The van der Waals surface area contributed by atoms with Crippen LogP contribution in [0.2, 0.25) is 0 Å². The minimum Gasteiger partial charge on any atom is -0.487 e. The van der Waals surface area contributed by atoms with Gasteiger partial charge in [0.2, 0.25) is 5.89 Å². The molecule has 0 bridgehead atoms. The zero-order valence-corrected chi connectivity index (χ0v) is 20.9. The van der Waals surface area contributed by atoms with Gasteiger partial charge in [-0.05, 0) is 62.7 Å². The molecule has 0 aliphatic heterocycles. The van der Waals surface area contributed by atoms with Gasteiger partial charge in [0.1, 0.15) is 36.1 Å². The molecule has 37 heavy (non-hydrogen) atoms. The lowest BCUT2D eigenvalue weighted by molar-refractivity contribution is -0.138. The van der Waals surface area contributed by atoms with Gasteiger partial charge in [0, 0.05) is 5.56 Å². The van der Waals surface area contributed by atoms with Crippen LogP contribution < -0.4 is 9.47 Å². The standard InChI is InChI=1S/C29H28N2O6/c1-19-9-13-25(14-10-19)37-29(34)31(17-27(32)33)20(2)22-11-15-24(16-12-22)35-18-26-21(3)36-28(30-26)23-7-5-4-6-8-23/h4-16,20H,17-18H2,1-3H3,(H,32,33). The summed E-state index contributed by atoms with van der Waals surface area (Å²) in [7, 11) is 0. The van der Waals surface area contributed by atoms with Crippen LogP contribution in [-0.2, 0) is 11.4 Å². The third-order valence-electron chi connectivity index (χ3n) is 5.89. The van der Waals surface area contributed by atoms with E-state index in [9.17, 15) is 14.7 Å². The van der Waals surface area contributed by atoms with E-state index in [2.05, 4.69) is 4.98 Å². The molecule has 0 saturated carbocycles. The lowest BCUT2D eigenvalue weighted by Gasteiger charge is -2.27. The normalized spacial score (nSPS) is 11.5. The monoisotopic (exact) mass is 500 g/mol. The topological polar surface area (TPSA) is 102 Å². The summed E-state index contributed by atoms with van der Waals surface area (Å²) in [6.45, 7) is 5.24. The van der Waals surface area contributed by atoms with Gasteiger partial charge in [-0.1, -0.05) is 48.0 Å². The Morgan fingerprint density at radius 2 is 1.59 bits per heavy atom. The van der Waals surface area contributed by atoms with Gasteiger partial charge in [-0.25, -0.2) is 9.78 Å². The van der Waals surface area contributed by atoms with Crippen molar-refractivity contribution in [3.63, 3.8) is 0 Å². The third kappa shape index (κ3) is 6.55. The number of aliphatic carboxylic acids is 1. The van der Waals surface area contributed by atoms with Gasteiger partial charge >= 0.3 is 12.1 Å². The van der Waals surface area contributed by atoms with Gasteiger partial charge < -0.3 is 19.0 Å². The Kier molecular flexibility index (Phi) is 7.88. The molecule has 0 fully saturated rings. The number of rotatable bonds is 9. The summed E-state index contributed by atoms with van der Waals surface area (Å²) in [6, 6.07) is 23.2. The molecule has 0 spiro atoms. The van der Waals surface area contributed by atoms with E-state index in [0.29, 0.717) is 28.8 Å². The first-order valence-electron chi connectivity index (χ1n) is 11.8. The number of hydrogen-bond donors (Lipinski definition) is 1. The Morgan fingerprint density at radius 3 is 2.24 bits per heavy atom. The maximum absolute atomic E-state index is 12.8. The summed E-state index contributed by atoms with van der Waals surface area (Å²) < 4.78 is 17.1. The van der Waals surface area contributed by atoms with Gasteiger partial charge in [-0.15, -0.1) is 0 Å².